The smallest absolute Gasteiger partial charge is 0.239 e. The number of piperidine rings is 1. The van der Waals surface area contributed by atoms with Crippen LogP contribution in [0.4, 0.5) is 0 Å². The van der Waals surface area contributed by atoms with Crippen LogP contribution in [0.5, 0.6) is 0 Å². The van der Waals surface area contributed by atoms with Crippen molar-refractivity contribution in [2.24, 2.45) is 5.92 Å². The lowest BCUT2D eigenvalue weighted by Crippen LogP contribution is -2.46. The lowest BCUT2D eigenvalue weighted by molar-refractivity contribution is -0.137. The van der Waals surface area contributed by atoms with Gasteiger partial charge in [0.25, 0.3) is 0 Å². The van der Waals surface area contributed by atoms with Crippen LogP contribution in [0.3, 0.4) is 0 Å². The van der Waals surface area contributed by atoms with Crippen LogP contribution in [0.15, 0.2) is 0 Å². The lowest BCUT2D eigenvalue weighted by Gasteiger charge is -2.36. The second-order valence-electron chi connectivity index (χ2n) is 4.79. The van der Waals surface area contributed by atoms with Gasteiger partial charge in [0.2, 0.25) is 5.91 Å². The van der Waals surface area contributed by atoms with Gasteiger partial charge in [0, 0.05) is 13.1 Å². The quantitative estimate of drug-likeness (QED) is 0.785. The molecule has 1 amide bonds. The number of carbonyl (C=O) groups excluding carboxylic acids is 1. The molecule has 0 bridgehead atoms. The highest BCUT2D eigenvalue weighted by Gasteiger charge is 2.32. The molecule has 0 aliphatic carbocycles. The molecule has 16 heavy (non-hydrogen) atoms. The molecule has 1 fully saturated rings. The van der Waals surface area contributed by atoms with E-state index in [1.165, 1.54) is 0 Å². The summed E-state index contributed by atoms with van der Waals surface area (Å²) in [4.78, 5) is 13.7. The minimum atomic E-state index is -0.649. The molecule has 1 aliphatic heterocycles. The van der Waals surface area contributed by atoms with Gasteiger partial charge in [-0.15, -0.1) is 0 Å². The van der Waals surface area contributed by atoms with E-state index < -0.39 is 11.5 Å². The molecule has 0 radical (unpaired) electrons. The number of rotatable bonds is 3. The third-order valence-corrected chi connectivity index (χ3v) is 3.18. The molecule has 0 aromatic heterocycles. The minimum absolute atomic E-state index is 0.0696. The SMILES string of the molecule is CCCC(C#N)C(=O)N1CCC(C)(O)CC1. The zero-order valence-electron chi connectivity index (χ0n) is 10.1. The van der Waals surface area contributed by atoms with Gasteiger partial charge in [0.15, 0.2) is 0 Å². The van der Waals surface area contributed by atoms with Gasteiger partial charge in [-0.3, -0.25) is 4.79 Å². The van der Waals surface area contributed by atoms with Crippen molar-refractivity contribution in [1.82, 2.24) is 4.90 Å². The number of amides is 1. The molecule has 1 rings (SSSR count). The summed E-state index contributed by atoms with van der Waals surface area (Å²) in [6.45, 7) is 4.89. The number of likely N-dealkylation sites (tertiary alicyclic amines) is 1. The van der Waals surface area contributed by atoms with E-state index in [0.717, 1.165) is 6.42 Å². The Labute approximate surface area is 96.9 Å². The standard InChI is InChI=1S/C12H20N2O2/c1-3-4-10(9-13)11(15)14-7-5-12(2,16)6-8-14/h10,16H,3-8H2,1-2H3. The zero-order valence-corrected chi connectivity index (χ0v) is 10.1. The first-order valence-corrected chi connectivity index (χ1v) is 5.91. The summed E-state index contributed by atoms with van der Waals surface area (Å²) in [7, 11) is 0. The largest absolute Gasteiger partial charge is 0.390 e. The number of aliphatic hydroxyl groups is 1. The molecule has 1 saturated heterocycles. The number of hydrogen-bond acceptors (Lipinski definition) is 3. The number of hydrogen-bond donors (Lipinski definition) is 1. The van der Waals surface area contributed by atoms with Crippen molar-refractivity contribution in [1.29, 1.82) is 5.26 Å². The van der Waals surface area contributed by atoms with Gasteiger partial charge in [0.1, 0.15) is 5.92 Å². The van der Waals surface area contributed by atoms with Crippen LogP contribution >= 0.6 is 0 Å². The second-order valence-corrected chi connectivity index (χ2v) is 4.79. The van der Waals surface area contributed by atoms with Crippen molar-refractivity contribution in [3.05, 3.63) is 0 Å². The van der Waals surface area contributed by atoms with Gasteiger partial charge >= 0.3 is 0 Å². The van der Waals surface area contributed by atoms with Crippen LogP contribution in [-0.4, -0.2) is 34.6 Å². The van der Waals surface area contributed by atoms with E-state index in [4.69, 9.17) is 5.26 Å². The van der Waals surface area contributed by atoms with Crippen molar-refractivity contribution in [3.8, 4) is 6.07 Å². The highest BCUT2D eigenvalue weighted by molar-refractivity contribution is 5.81. The van der Waals surface area contributed by atoms with Crippen LogP contribution in [0.2, 0.25) is 0 Å². The first kappa shape index (κ1) is 13.0. The van der Waals surface area contributed by atoms with Crippen LogP contribution in [0.1, 0.15) is 39.5 Å². The first-order chi connectivity index (χ1) is 7.50. The first-order valence-electron chi connectivity index (χ1n) is 5.91. The van der Waals surface area contributed by atoms with Gasteiger partial charge < -0.3 is 10.0 Å². The Bertz CT molecular complexity index is 284. The molecule has 0 spiro atoms. The van der Waals surface area contributed by atoms with E-state index in [-0.39, 0.29) is 5.91 Å². The van der Waals surface area contributed by atoms with E-state index in [2.05, 4.69) is 6.07 Å². The van der Waals surface area contributed by atoms with Gasteiger partial charge in [0.05, 0.1) is 11.7 Å². The maximum Gasteiger partial charge on any atom is 0.239 e. The Morgan fingerprint density at radius 1 is 1.56 bits per heavy atom. The molecule has 0 aromatic rings. The maximum atomic E-state index is 12.0. The molecule has 1 heterocycles. The highest BCUT2D eigenvalue weighted by Crippen LogP contribution is 2.22. The van der Waals surface area contributed by atoms with E-state index in [9.17, 15) is 9.90 Å². The summed E-state index contributed by atoms with van der Waals surface area (Å²) >= 11 is 0. The van der Waals surface area contributed by atoms with Crippen molar-refractivity contribution in [2.75, 3.05) is 13.1 Å². The predicted octanol–water partition coefficient (Wildman–Crippen LogP) is 1.30. The topological polar surface area (TPSA) is 64.3 Å². The monoisotopic (exact) mass is 224 g/mol. The van der Waals surface area contributed by atoms with Gasteiger partial charge in [-0.2, -0.15) is 5.26 Å². The summed E-state index contributed by atoms with van der Waals surface area (Å²) < 4.78 is 0. The minimum Gasteiger partial charge on any atom is -0.390 e. The van der Waals surface area contributed by atoms with Crippen molar-refractivity contribution in [3.63, 3.8) is 0 Å². The molecular formula is C12H20N2O2. The Kier molecular flexibility index (Phi) is 4.31. The summed E-state index contributed by atoms with van der Waals surface area (Å²) in [5, 5.41) is 18.7. The second kappa shape index (κ2) is 5.31. The maximum absolute atomic E-state index is 12.0. The summed E-state index contributed by atoms with van der Waals surface area (Å²) in [5.41, 5.74) is -0.649. The molecule has 1 aliphatic rings. The van der Waals surface area contributed by atoms with E-state index in [1.54, 1.807) is 11.8 Å². The molecule has 0 aromatic carbocycles. The molecule has 0 saturated carbocycles. The third-order valence-electron chi connectivity index (χ3n) is 3.18. The highest BCUT2D eigenvalue weighted by atomic mass is 16.3. The molecule has 1 unspecified atom stereocenters. The third kappa shape index (κ3) is 3.21. The summed E-state index contributed by atoms with van der Waals surface area (Å²) in [5.74, 6) is -0.576. The zero-order chi connectivity index (χ0) is 12.2. The number of nitriles is 1. The van der Waals surface area contributed by atoms with Crippen LogP contribution in [0.25, 0.3) is 0 Å². The molecule has 1 N–H and O–H groups in total. The van der Waals surface area contributed by atoms with Crippen LogP contribution in [-0.2, 0) is 4.79 Å². The fraction of sp³-hybridized carbons (Fsp3) is 0.833. The molecule has 90 valence electrons. The average molecular weight is 224 g/mol. The van der Waals surface area contributed by atoms with E-state index >= 15 is 0 Å². The molecule has 4 heteroatoms. The summed E-state index contributed by atoms with van der Waals surface area (Å²) in [6, 6.07) is 2.07. The Morgan fingerprint density at radius 2 is 2.12 bits per heavy atom. The van der Waals surface area contributed by atoms with Gasteiger partial charge in [-0.1, -0.05) is 13.3 Å². The predicted molar refractivity (Wildman–Crippen MR) is 60.4 cm³/mol. The Hall–Kier alpha value is -1.08. The van der Waals surface area contributed by atoms with Gasteiger partial charge in [-0.05, 0) is 26.2 Å². The van der Waals surface area contributed by atoms with Crippen molar-refractivity contribution < 1.29 is 9.90 Å². The number of nitrogens with zero attached hydrogens (tertiary/aromatic N) is 2. The van der Waals surface area contributed by atoms with E-state index in [1.807, 2.05) is 6.92 Å². The van der Waals surface area contributed by atoms with Crippen molar-refractivity contribution >= 4 is 5.91 Å². The molecular weight excluding hydrogens is 204 g/mol. The fourth-order valence-corrected chi connectivity index (χ4v) is 1.96. The Balaban J connectivity index is 2.53. The normalized spacial score (nSPS) is 21.2. The molecule has 1 atom stereocenters. The molecule has 4 nitrogen and oxygen atoms in total. The fourth-order valence-electron chi connectivity index (χ4n) is 1.96. The average Bonchev–Trinajstić information content (AvgIpc) is 2.25. The number of carbonyl (C=O) groups is 1. The van der Waals surface area contributed by atoms with Crippen molar-refractivity contribution in [2.45, 2.75) is 45.1 Å². The van der Waals surface area contributed by atoms with Crippen LogP contribution in [0, 0.1) is 17.2 Å². The lowest BCUT2D eigenvalue weighted by atomic mass is 9.92. The van der Waals surface area contributed by atoms with Crippen LogP contribution < -0.4 is 0 Å². The van der Waals surface area contributed by atoms with Gasteiger partial charge in [-0.25, -0.2) is 0 Å². The summed E-state index contributed by atoms with van der Waals surface area (Å²) in [6.07, 6.45) is 2.67. The van der Waals surface area contributed by atoms with E-state index in [0.29, 0.717) is 32.4 Å². The Morgan fingerprint density at radius 3 is 2.56 bits per heavy atom.